The van der Waals surface area contributed by atoms with Gasteiger partial charge in [-0.3, -0.25) is 23.9 Å². The van der Waals surface area contributed by atoms with Crippen LogP contribution in [-0.2, 0) is 22.6 Å². The maximum Gasteiger partial charge on any atom is 0.291 e. The lowest BCUT2D eigenvalue weighted by Crippen LogP contribution is -2.43. The second-order valence-electron chi connectivity index (χ2n) is 8.35. The quantitative estimate of drug-likeness (QED) is 0.344. The molecular weight excluding hydrogens is 548 g/mol. The number of hydrogen-bond acceptors (Lipinski definition) is 9. The fraction of sp³-hybridized carbons (Fsp3) is 0.240. The molecule has 1 aliphatic heterocycles. The Morgan fingerprint density at radius 3 is 2.71 bits per heavy atom. The number of carbonyl (C=O) groups excluding carboxylic acids is 2. The number of thiophene rings is 1. The van der Waals surface area contributed by atoms with Gasteiger partial charge < -0.3 is 15.0 Å². The normalized spacial score (nSPS) is 13.4. The van der Waals surface area contributed by atoms with Gasteiger partial charge >= 0.3 is 0 Å². The summed E-state index contributed by atoms with van der Waals surface area (Å²) in [6.07, 6.45) is 3.01. The van der Waals surface area contributed by atoms with Crippen LogP contribution in [0.3, 0.4) is 0 Å². The van der Waals surface area contributed by atoms with Gasteiger partial charge in [-0.1, -0.05) is 18.2 Å². The summed E-state index contributed by atoms with van der Waals surface area (Å²) in [4.78, 5) is 46.2. The summed E-state index contributed by atoms with van der Waals surface area (Å²) in [7, 11) is 0. The molecule has 0 bridgehead atoms. The summed E-state index contributed by atoms with van der Waals surface area (Å²) in [5.41, 5.74) is 2.59. The second kappa shape index (κ2) is 11.4. The second-order valence-corrected chi connectivity index (χ2v) is 11.0. The van der Waals surface area contributed by atoms with Crippen LogP contribution >= 0.6 is 34.3 Å². The third-order valence-electron chi connectivity index (χ3n) is 5.94. The fourth-order valence-electron chi connectivity index (χ4n) is 4.00. The smallest absolute Gasteiger partial charge is 0.291 e. The largest absolute Gasteiger partial charge is 0.378 e. The predicted molar refractivity (Wildman–Crippen MR) is 148 cm³/mol. The first-order chi connectivity index (χ1) is 18.4. The Balaban J connectivity index is 1.46. The highest BCUT2D eigenvalue weighted by atomic mass is 35.5. The molecule has 0 atom stereocenters. The number of morpholine rings is 1. The number of thiazole rings is 1. The molecule has 10 nitrogen and oxygen atoms in total. The molecule has 4 aromatic heterocycles. The average Bonchev–Trinajstić information content (AvgIpc) is 3.70. The van der Waals surface area contributed by atoms with Crippen molar-refractivity contribution in [1.29, 1.82) is 0 Å². The molecule has 5 heterocycles. The maximum atomic E-state index is 13.2. The third kappa shape index (κ3) is 5.63. The van der Waals surface area contributed by atoms with E-state index in [0.29, 0.717) is 64.8 Å². The molecule has 4 aromatic rings. The van der Waals surface area contributed by atoms with Crippen molar-refractivity contribution in [1.82, 2.24) is 24.2 Å². The molecule has 0 aromatic carbocycles. The van der Waals surface area contributed by atoms with Crippen molar-refractivity contribution in [2.24, 2.45) is 0 Å². The monoisotopic (exact) mass is 570 g/mol. The zero-order chi connectivity index (χ0) is 26.6. The number of halogens is 1. The van der Waals surface area contributed by atoms with E-state index in [2.05, 4.69) is 22.0 Å². The molecular formula is C25H23ClN6O4S2. The molecule has 0 radical (unpaired) electrons. The lowest BCUT2D eigenvalue weighted by Gasteiger charge is -2.27. The molecule has 13 heteroatoms. The Hall–Kier alpha value is -3.58. The maximum absolute atomic E-state index is 13.2. The first-order valence-electron chi connectivity index (χ1n) is 11.7. The summed E-state index contributed by atoms with van der Waals surface area (Å²) >= 11 is 8.70. The summed E-state index contributed by atoms with van der Waals surface area (Å²) in [5.74, 6) is -0.0561. The first-order valence-corrected chi connectivity index (χ1v) is 13.7. The highest BCUT2D eigenvalue weighted by Crippen LogP contribution is 2.26. The Kier molecular flexibility index (Phi) is 7.84. The van der Waals surface area contributed by atoms with Crippen molar-refractivity contribution < 1.29 is 14.3 Å². The van der Waals surface area contributed by atoms with E-state index >= 15 is 0 Å². The molecule has 1 aliphatic rings. The fourth-order valence-corrected chi connectivity index (χ4v) is 5.58. The Morgan fingerprint density at radius 1 is 1.21 bits per heavy atom. The Bertz CT molecular complexity index is 1540. The molecule has 38 heavy (non-hydrogen) atoms. The van der Waals surface area contributed by atoms with Gasteiger partial charge in [0.25, 0.3) is 11.5 Å². The molecule has 1 fully saturated rings. The first kappa shape index (κ1) is 26.0. The van der Waals surface area contributed by atoms with Crippen molar-refractivity contribution in [3.05, 3.63) is 78.8 Å². The van der Waals surface area contributed by atoms with Crippen molar-refractivity contribution in [2.45, 2.75) is 13.1 Å². The number of amides is 1. The van der Waals surface area contributed by atoms with Crippen molar-refractivity contribution in [3.8, 4) is 11.3 Å². The van der Waals surface area contributed by atoms with E-state index < -0.39 is 0 Å². The van der Waals surface area contributed by atoms with Crippen LogP contribution in [0.1, 0.15) is 20.2 Å². The van der Waals surface area contributed by atoms with E-state index in [1.165, 1.54) is 50.3 Å². The molecule has 1 saturated heterocycles. The van der Waals surface area contributed by atoms with Gasteiger partial charge in [0.15, 0.2) is 0 Å². The summed E-state index contributed by atoms with van der Waals surface area (Å²) < 4.78 is 8.62. The minimum Gasteiger partial charge on any atom is -0.378 e. The van der Waals surface area contributed by atoms with Crippen LogP contribution in [0.5, 0.6) is 0 Å². The minimum atomic E-state index is -0.370. The lowest BCUT2D eigenvalue weighted by molar-refractivity contribution is -0.135. The summed E-state index contributed by atoms with van der Waals surface area (Å²) in [6, 6.07) is 8.56. The van der Waals surface area contributed by atoms with E-state index in [9.17, 15) is 14.4 Å². The molecule has 0 aliphatic carbocycles. The van der Waals surface area contributed by atoms with Gasteiger partial charge in [-0.05, 0) is 24.3 Å². The number of nitrogens with one attached hydrogen (secondary N) is 1. The van der Waals surface area contributed by atoms with Gasteiger partial charge in [-0.2, -0.15) is 9.78 Å². The standard InChI is InChI=1S/C25H23ClN6O4S2/c1-2-17-9-16(10-23(33)31(17)14-24(34)30-5-7-36-8-6-30)19-11-22(28-12-18-3-4-21(26)38-18)32(29-19)25(35)20-13-27-15-37-20/h2-4,9-11,13,15,28H,1,5-8,12,14H2. The van der Waals surface area contributed by atoms with E-state index in [0.717, 1.165) is 4.88 Å². The van der Waals surface area contributed by atoms with E-state index in [1.54, 1.807) is 22.5 Å². The SMILES string of the molecule is C=Cc1cc(-c2cc(NCc3ccc(Cl)s3)n(C(=O)c3cncs3)n2)cc(=O)n1CC(=O)N1CCOCC1. The van der Waals surface area contributed by atoms with E-state index in [4.69, 9.17) is 16.3 Å². The van der Waals surface area contributed by atoms with Crippen molar-refractivity contribution in [3.63, 3.8) is 0 Å². The van der Waals surface area contributed by atoms with Crippen LogP contribution < -0.4 is 10.9 Å². The van der Waals surface area contributed by atoms with Crippen LogP contribution in [0, 0.1) is 0 Å². The number of ether oxygens (including phenoxy) is 1. The predicted octanol–water partition coefficient (Wildman–Crippen LogP) is 3.69. The average molecular weight is 571 g/mol. The Labute approximate surface area is 230 Å². The van der Waals surface area contributed by atoms with Gasteiger partial charge in [-0.25, -0.2) is 0 Å². The molecule has 196 valence electrons. The van der Waals surface area contributed by atoms with Gasteiger partial charge in [0.1, 0.15) is 17.2 Å². The number of carbonyl (C=O) groups is 2. The van der Waals surface area contributed by atoms with Gasteiger partial charge in [0.2, 0.25) is 5.91 Å². The molecule has 1 amide bonds. The zero-order valence-electron chi connectivity index (χ0n) is 20.1. The van der Waals surface area contributed by atoms with Crippen LogP contribution in [0.4, 0.5) is 5.82 Å². The van der Waals surface area contributed by atoms with Crippen LogP contribution in [0.15, 0.2) is 53.4 Å². The highest BCUT2D eigenvalue weighted by Gasteiger charge is 2.21. The van der Waals surface area contributed by atoms with Gasteiger partial charge in [0, 0.05) is 41.4 Å². The third-order valence-corrected chi connectivity index (χ3v) is 7.93. The summed E-state index contributed by atoms with van der Waals surface area (Å²) in [5, 5.41) is 7.77. The topological polar surface area (TPSA) is 111 Å². The zero-order valence-corrected chi connectivity index (χ0v) is 22.5. The van der Waals surface area contributed by atoms with Crippen molar-refractivity contribution >= 4 is 58.0 Å². The summed E-state index contributed by atoms with van der Waals surface area (Å²) in [6.45, 7) is 6.10. The number of rotatable bonds is 8. The highest BCUT2D eigenvalue weighted by molar-refractivity contribution is 7.16. The van der Waals surface area contributed by atoms with Gasteiger partial charge in [-0.15, -0.1) is 22.7 Å². The van der Waals surface area contributed by atoms with Gasteiger partial charge in [0.05, 0.1) is 41.5 Å². The molecule has 1 N–H and O–H groups in total. The molecule has 5 rings (SSSR count). The number of aromatic nitrogens is 4. The van der Waals surface area contributed by atoms with Crippen molar-refractivity contribution in [2.75, 3.05) is 31.6 Å². The van der Waals surface area contributed by atoms with Crippen LogP contribution in [0.25, 0.3) is 17.3 Å². The van der Waals surface area contributed by atoms with E-state index in [-0.39, 0.29) is 23.9 Å². The Morgan fingerprint density at radius 2 is 2.03 bits per heavy atom. The van der Waals surface area contributed by atoms with Crippen LogP contribution in [-0.4, -0.2) is 62.3 Å². The minimum absolute atomic E-state index is 0.102. The van der Waals surface area contributed by atoms with Crippen LogP contribution in [0.2, 0.25) is 4.34 Å². The number of hydrogen-bond donors (Lipinski definition) is 1. The number of nitrogens with zero attached hydrogens (tertiary/aromatic N) is 5. The lowest BCUT2D eigenvalue weighted by atomic mass is 10.1. The number of anilines is 1. The number of pyridine rings is 1. The molecule has 0 unspecified atom stereocenters. The van der Waals surface area contributed by atoms with E-state index in [1.807, 2.05) is 12.1 Å². The molecule has 0 saturated carbocycles. The molecule has 0 spiro atoms.